The molecule has 6 heteroatoms. The number of nitrogens with zero attached hydrogens (tertiary/aromatic N) is 1. The number of carboxylic acids is 1. The van der Waals surface area contributed by atoms with Crippen molar-refractivity contribution in [1.82, 2.24) is 4.90 Å². The van der Waals surface area contributed by atoms with Crippen molar-refractivity contribution in [2.45, 2.75) is 25.8 Å². The Kier molecular flexibility index (Phi) is 5.84. The largest absolute Gasteiger partial charge is 0.493 e. The number of aliphatic carboxylic acids is 1. The fourth-order valence-corrected chi connectivity index (χ4v) is 4.62. The zero-order chi connectivity index (χ0) is 18.7. The van der Waals surface area contributed by atoms with Gasteiger partial charge < -0.3 is 14.6 Å². The van der Waals surface area contributed by atoms with Crippen LogP contribution in [0.2, 0.25) is 0 Å². The first-order valence-corrected chi connectivity index (χ1v) is 9.60. The van der Waals surface area contributed by atoms with Gasteiger partial charge in [0, 0.05) is 9.75 Å². The molecule has 0 bridgehead atoms. The second-order valence-corrected chi connectivity index (χ2v) is 7.93. The Morgan fingerprint density at radius 2 is 1.85 bits per heavy atom. The van der Waals surface area contributed by atoms with E-state index < -0.39 is 5.97 Å². The van der Waals surface area contributed by atoms with Gasteiger partial charge in [-0.05, 0) is 62.7 Å². The van der Waals surface area contributed by atoms with Crippen molar-refractivity contribution in [3.63, 3.8) is 0 Å². The quantitative estimate of drug-likeness (QED) is 0.828. The topological polar surface area (TPSA) is 59.0 Å². The molecule has 1 fully saturated rings. The number of carboxylic acid groups (broad SMARTS) is 1. The number of methoxy groups -OCH3 is 2. The predicted octanol–water partition coefficient (Wildman–Crippen LogP) is 3.96. The van der Waals surface area contributed by atoms with Crippen molar-refractivity contribution in [1.29, 1.82) is 0 Å². The number of hydrogen-bond donors (Lipinski definition) is 1. The lowest BCUT2D eigenvalue weighted by atomic mass is 9.93. The number of benzene rings is 1. The summed E-state index contributed by atoms with van der Waals surface area (Å²) in [6, 6.07) is 10.4. The number of ether oxygens (including phenoxy) is 2. The summed E-state index contributed by atoms with van der Waals surface area (Å²) in [6.45, 7) is 3.65. The normalized spacial score (nSPS) is 17.0. The van der Waals surface area contributed by atoms with Gasteiger partial charge in [0.15, 0.2) is 11.5 Å². The molecule has 0 spiro atoms. The summed E-state index contributed by atoms with van der Waals surface area (Å²) in [5.41, 5.74) is 1.14. The fraction of sp³-hybridized carbons (Fsp3) is 0.450. The van der Waals surface area contributed by atoms with Crippen LogP contribution >= 0.6 is 11.3 Å². The number of likely N-dealkylation sites (tertiary alicyclic amines) is 1. The molecular formula is C20H25NO4S. The third-order valence-corrected chi connectivity index (χ3v) is 6.05. The molecule has 0 amide bonds. The average molecular weight is 375 g/mol. The van der Waals surface area contributed by atoms with Gasteiger partial charge in [-0.25, -0.2) is 0 Å². The Morgan fingerprint density at radius 1 is 1.15 bits per heavy atom. The summed E-state index contributed by atoms with van der Waals surface area (Å²) in [6.07, 6.45) is 1.37. The predicted molar refractivity (Wildman–Crippen MR) is 102 cm³/mol. The Morgan fingerprint density at radius 3 is 2.38 bits per heavy atom. The number of piperidine rings is 1. The van der Waals surface area contributed by atoms with Crippen LogP contribution in [-0.4, -0.2) is 43.3 Å². The maximum atomic E-state index is 11.3. The van der Waals surface area contributed by atoms with Crippen LogP contribution in [0.3, 0.4) is 0 Å². The molecule has 2 heterocycles. The first-order chi connectivity index (χ1) is 12.5. The third-order valence-electron chi connectivity index (χ3n) is 5.00. The third kappa shape index (κ3) is 3.86. The minimum Gasteiger partial charge on any atom is -0.493 e. The summed E-state index contributed by atoms with van der Waals surface area (Å²) in [7, 11) is 3.28. The van der Waals surface area contributed by atoms with Crippen molar-refractivity contribution in [3.05, 3.63) is 45.6 Å². The van der Waals surface area contributed by atoms with E-state index in [4.69, 9.17) is 9.47 Å². The molecule has 1 N–H and O–H groups in total. The molecule has 3 rings (SSSR count). The Hall–Kier alpha value is -2.05. The smallest absolute Gasteiger partial charge is 0.306 e. The van der Waals surface area contributed by atoms with E-state index in [1.54, 1.807) is 25.6 Å². The van der Waals surface area contributed by atoms with Crippen LogP contribution in [-0.2, 0) is 4.79 Å². The monoisotopic (exact) mass is 375 g/mol. The van der Waals surface area contributed by atoms with Gasteiger partial charge >= 0.3 is 5.97 Å². The van der Waals surface area contributed by atoms with Crippen molar-refractivity contribution in [3.8, 4) is 11.5 Å². The van der Waals surface area contributed by atoms with Gasteiger partial charge in [0.25, 0.3) is 0 Å². The van der Waals surface area contributed by atoms with E-state index in [1.165, 1.54) is 9.75 Å². The van der Waals surface area contributed by atoms with Gasteiger partial charge in [0.2, 0.25) is 0 Å². The van der Waals surface area contributed by atoms with E-state index in [0.717, 1.165) is 18.7 Å². The molecule has 2 aromatic rings. The van der Waals surface area contributed by atoms with Crippen molar-refractivity contribution >= 4 is 17.3 Å². The lowest BCUT2D eigenvalue weighted by Crippen LogP contribution is -2.39. The molecular weight excluding hydrogens is 350 g/mol. The second-order valence-electron chi connectivity index (χ2n) is 6.61. The molecule has 5 nitrogen and oxygen atoms in total. The van der Waals surface area contributed by atoms with Gasteiger partial charge in [0.05, 0.1) is 26.2 Å². The highest BCUT2D eigenvalue weighted by molar-refractivity contribution is 7.12. The first kappa shape index (κ1) is 18.7. The number of hydrogen-bond acceptors (Lipinski definition) is 5. The summed E-state index contributed by atoms with van der Waals surface area (Å²) < 4.78 is 10.9. The van der Waals surface area contributed by atoms with Crippen LogP contribution in [0.4, 0.5) is 0 Å². The molecule has 1 atom stereocenters. The van der Waals surface area contributed by atoms with Gasteiger partial charge in [-0.1, -0.05) is 6.07 Å². The van der Waals surface area contributed by atoms with Crippen molar-refractivity contribution in [2.24, 2.45) is 5.92 Å². The molecule has 0 aliphatic carbocycles. The standard InChI is InChI=1S/C20H25NO4S/c1-13-4-7-18(26-13)19(21-10-8-14(9-11-21)20(22)23)15-5-6-16(24-2)17(12-15)25-3/h4-7,12,14,19H,8-11H2,1-3H3,(H,22,23). The van der Waals surface area contributed by atoms with Crippen molar-refractivity contribution in [2.75, 3.05) is 27.3 Å². The lowest BCUT2D eigenvalue weighted by Gasteiger charge is -2.36. The summed E-state index contributed by atoms with van der Waals surface area (Å²) >= 11 is 1.78. The minimum atomic E-state index is -0.681. The Balaban J connectivity index is 1.93. The molecule has 0 radical (unpaired) electrons. The second kappa shape index (κ2) is 8.10. The average Bonchev–Trinajstić information content (AvgIpc) is 3.08. The van der Waals surface area contributed by atoms with Crippen LogP contribution in [0.25, 0.3) is 0 Å². The fourth-order valence-electron chi connectivity index (χ4n) is 3.58. The van der Waals surface area contributed by atoms with Gasteiger partial charge in [-0.2, -0.15) is 0 Å². The van der Waals surface area contributed by atoms with E-state index in [9.17, 15) is 9.90 Å². The molecule has 1 aliphatic heterocycles. The maximum Gasteiger partial charge on any atom is 0.306 e. The molecule has 1 aliphatic rings. The Labute approximate surface area is 158 Å². The van der Waals surface area contributed by atoms with Crippen LogP contribution in [0, 0.1) is 12.8 Å². The van der Waals surface area contributed by atoms with Crippen LogP contribution < -0.4 is 9.47 Å². The summed E-state index contributed by atoms with van der Waals surface area (Å²) in [5, 5.41) is 9.28. The zero-order valence-corrected chi connectivity index (χ0v) is 16.2. The SMILES string of the molecule is COc1ccc(C(c2ccc(C)s2)N2CCC(C(=O)O)CC2)cc1OC. The van der Waals surface area contributed by atoms with Crippen LogP contribution in [0.5, 0.6) is 11.5 Å². The summed E-state index contributed by atoms with van der Waals surface area (Å²) in [5.74, 6) is 0.507. The molecule has 1 aromatic carbocycles. The number of rotatable bonds is 6. The molecule has 140 valence electrons. The van der Waals surface area contributed by atoms with Crippen LogP contribution in [0.1, 0.15) is 34.2 Å². The summed E-state index contributed by atoms with van der Waals surface area (Å²) in [4.78, 5) is 16.2. The van der Waals surface area contributed by atoms with E-state index in [2.05, 4.69) is 30.0 Å². The molecule has 1 unspecified atom stereocenters. The number of aryl methyl sites for hydroxylation is 1. The number of thiophene rings is 1. The lowest BCUT2D eigenvalue weighted by molar-refractivity contribution is -0.143. The van der Waals surface area contributed by atoms with E-state index in [1.807, 2.05) is 12.1 Å². The highest BCUT2D eigenvalue weighted by atomic mass is 32.1. The minimum absolute atomic E-state index is 0.100. The van der Waals surface area contributed by atoms with Gasteiger partial charge in [0.1, 0.15) is 0 Å². The van der Waals surface area contributed by atoms with E-state index in [-0.39, 0.29) is 12.0 Å². The maximum absolute atomic E-state index is 11.3. The first-order valence-electron chi connectivity index (χ1n) is 8.78. The molecule has 0 saturated carbocycles. The number of carbonyl (C=O) groups is 1. The van der Waals surface area contributed by atoms with Gasteiger partial charge in [-0.15, -0.1) is 11.3 Å². The van der Waals surface area contributed by atoms with Gasteiger partial charge in [-0.3, -0.25) is 9.69 Å². The molecule has 26 heavy (non-hydrogen) atoms. The van der Waals surface area contributed by atoms with Crippen molar-refractivity contribution < 1.29 is 19.4 Å². The molecule has 1 saturated heterocycles. The zero-order valence-electron chi connectivity index (χ0n) is 15.4. The highest BCUT2D eigenvalue weighted by Crippen LogP contribution is 2.39. The Bertz CT molecular complexity index is 765. The van der Waals surface area contributed by atoms with E-state index in [0.29, 0.717) is 24.3 Å². The van der Waals surface area contributed by atoms with E-state index >= 15 is 0 Å². The highest BCUT2D eigenvalue weighted by Gasteiger charge is 2.31. The van der Waals surface area contributed by atoms with Crippen LogP contribution in [0.15, 0.2) is 30.3 Å². The molecule has 1 aromatic heterocycles.